The number of carbonyl (C=O) groups excluding carboxylic acids is 1. The molecular weight excluding hydrogens is 362 g/mol. The summed E-state index contributed by atoms with van der Waals surface area (Å²) in [6.07, 6.45) is 8.20. The Hall–Kier alpha value is -2.89. The molecule has 3 heterocycles. The number of hydrogen-bond acceptors (Lipinski definition) is 3. The molecule has 2 aliphatic rings. The van der Waals surface area contributed by atoms with Crippen molar-refractivity contribution in [3.63, 3.8) is 0 Å². The van der Waals surface area contributed by atoms with Crippen LogP contribution in [0.15, 0.2) is 36.5 Å². The van der Waals surface area contributed by atoms with Crippen LogP contribution in [0.3, 0.4) is 0 Å². The van der Waals surface area contributed by atoms with E-state index in [0.29, 0.717) is 6.54 Å². The fourth-order valence-corrected chi connectivity index (χ4v) is 4.75. The number of amides is 2. The molecule has 3 aromatic rings. The van der Waals surface area contributed by atoms with Crippen LogP contribution in [0.2, 0.25) is 0 Å². The van der Waals surface area contributed by atoms with Crippen molar-refractivity contribution in [3.05, 3.63) is 53.5 Å². The molecule has 29 heavy (non-hydrogen) atoms. The van der Waals surface area contributed by atoms with E-state index in [1.165, 1.54) is 17.5 Å². The normalized spacial score (nSPS) is 18.4. The molecule has 1 aliphatic heterocycles. The van der Waals surface area contributed by atoms with E-state index in [1.807, 2.05) is 29.3 Å². The van der Waals surface area contributed by atoms with E-state index < -0.39 is 0 Å². The number of benzene rings is 1. The number of anilines is 1. The molecule has 1 saturated heterocycles. The van der Waals surface area contributed by atoms with Crippen LogP contribution in [0.5, 0.6) is 0 Å². The number of nitrogens with one attached hydrogen (secondary N) is 1. The van der Waals surface area contributed by atoms with Crippen LogP contribution in [0.4, 0.5) is 10.5 Å². The van der Waals surface area contributed by atoms with Gasteiger partial charge in [-0.2, -0.15) is 0 Å². The Kier molecular flexibility index (Phi) is 4.70. The van der Waals surface area contributed by atoms with Crippen molar-refractivity contribution in [2.24, 2.45) is 0 Å². The number of aryl methyl sites for hydroxylation is 3. The van der Waals surface area contributed by atoms with Crippen molar-refractivity contribution in [1.82, 2.24) is 19.4 Å². The highest BCUT2D eigenvalue weighted by molar-refractivity contribution is 5.89. The average Bonchev–Trinajstić information content (AvgIpc) is 3.45. The second-order valence-corrected chi connectivity index (χ2v) is 8.15. The molecule has 1 N–H and O–H groups in total. The number of rotatable bonds is 4. The minimum Gasteiger partial charge on any atom is -0.322 e. The maximum atomic E-state index is 12.9. The molecule has 6 heteroatoms. The van der Waals surface area contributed by atoms with Gasteiger partial charge in [-0.3, -0.25) is 0 Å². The predicted molar refractivity (Wildman–Crippen MR) is 114 cm³/mol. The van der Waals surface area contributed by atoms with Crippen LogP contribution in [-0.2, 0) is 19.3 Å². The first-order valence-electron chi connectivity index (χ1n) is 10.7. The molecule has 0 radical (unpaired) electrons. The van der Waals surface area contributed by atoms with Crippen molar-refractivity contribution >= 4 is 22.9 Å². The monoisotopic (exact) mass is 389 g/mol. The maximum absolute atomic E-state index is 12.9. The second kappa shape index (κ2) is 7.50. The van der Waals surface area contributed by atoms with Gasteiger partial charge in [0.05, 0.1) is 6.04 Å². The van der Waals surface area contributed by atoms with Gasteiger partial charge >= 0.3 is 6.03 Å². The summed E-state index contributed by atoms with van der Waals surface area (Å²) in [4.78, 5) is 24.2. The van der Waals surface area contributed by atoms with Crippen LogP contribution in [0.25, 0.3) is 11.2 Å². The number of imidazole rings is 1. The zero-order chi connectivity index (χ0) is 19.8. The van der Waals surface area contributed by atoms with Crippen LogP contribution >= 0.6 is 0 Å². The van der Waals surface area contributed by atoms with Crippen LogP contribution < -0.4 is 5.32 Å². The Morgan fingerprint density at radius 1 is 1.24 bits per heavy atom. The molecule has 1 atom stereocenters. The minimum absolute atomic E-state index is 0.0140. The molecule has 1 aromatic carbocycles. The van der Waals surface area contributed by atoms with Crippen molar-refractivity contribution in [1.29, 1.82) is 0 Å². The molecule has 0 saturated carbocycles. The Morgan fingerprint density at radius 2 is 2.14 bits per heavy atom. The highest BCUT2D eigenvalue weighted by Crippen LogP contribution is 2.29. The largest absolute Gasteiger partial charge is 0.322 e. The lowest BCUT2D eigenvalue weighted by atomic mass is 10.1. The first-order valence-corrected chi connectivity index (χ1v) is 10.7. The third-order valence-electron chi connectivity index (χ3n) is 6.16. The number of hydrogen-bond donors (Lipinski definition) is 1. The number of aromatic nitrogens is 3. The van der Waals surface area contributed by atoms with Crippen LogP contribution in [-0.4, -0.2) is 38.6 Å². The summed E-state index contributed by atoms with van der Waals surface area (Å²) in [6.45, 7) is 3.61. The lowest BCUT2D eigenvalue weighted by Crippen LogP contribution is -2.33. The number of pyridine rings is 1. The van der Waals surface area contributed by atoms with Gasteiger partial charge in [0.2, 0.25) is 0 Å². The Morgan fingerprint density at radius 3 is 3.03 bits per heavy atom. The third-order valence-corrected chi connectivity index (χ3v) is 6.16. The lowest BCUT2D eigenvalue weighted by Gasteiger charge is -2.19. The van der Waals surface area contributed by atoms with E-state index in [9.17, 15) is 4.79 Å². The first kappa shape index (κ1) is 18.2. The molecule has 0 unspecified atom stereocenters. The van der Waals surface area contributed by atoms with Gasteiger partial charge in [0, 0.05) is 31.4 Å². The van der Waals surface area contributed by atoms with E-state index in [-0.39, 0.29) is 12.1 Å². The minimum atomic E-state index is -0.0140. The molecule has 5 rings (SSSR count). The summed E-state index contributed by atoms with van der Waals surface area (Å²) in [6, 6.07) is 10.5. The molecule has 2 amide bonds. The van der Waals surface area contributed by atoms with Gasteiger partial charge in [0.25, 0.3) is 0 Å². The zero-order valence-electron chi connectivity index (χ0n) is 16.9. The van der Waals surface area contributed by atoms with Crippen molar-refractivity contribution < 1.29 is 4.79 Å². The summed E-state index contributed by atoms with van der Waals surface area (Å²) in [5.74, 6) is 1.08. The van der Waals surface area contributed by atoms with Gasteiger partial charge < -0.3 is 14.8 Å². The molecule has 150 valence electrons. The SMILES string of the molecule is CCCc1nc2cccnc2n1[C@H]1CCN(C(=O)Nc2ccc3c(c2)CCC3)C1. The van der Waals surface area contributed by atoms with E-state index in [4.69, 9.17) is 4.98 Å². The lowest BCUT2D eigenvalue weighted by molar-refractivity contribution is 0.221. The van der Waals surface area contributed by atoms with Gasteiger partial charge in [-0.15, -0.1) is 0 Å². The fraction of sp³-hybridized carbons (Fsp3) is 0.435. The molecule has 1 aliphatic carbocycles. The smallest absolute Gasteiger partial charge is 0.321 e. The molecule has 2 aromatic heterocycles. The molecule has 1 fully saturated rings. The number of urea groups is 1. The van der Waals surface area contributed by atoms with Gasteiger partial charge in [0.15, 0.2) is 5.65 Å². The molecular formula is C23H27N5O. The van der Waals surface area contributed by atoms with Gasteiger partial charge in [-0.05, 0) is 67.5 Å². The third kappa shape index (κ3) is 3.37. The summed E-state index contributed by atoms with van der Waals surface area (Å²) in [5, 5.41) is 3.10. The average molecular weight is 390 g/mol. The van der Waals surface area contributed by atoms with Gasteiger partial charge in [-0.1, -0.05) is 13.0 Å². The van der Waals surface area contributed by atoms with E-state index >= 15 is 0 Å². The standard InChI is InChI=1S/C23H27N5O/c1-2-5-21-26-20-8-4-12-24-22(20)28(21)19-11-13-27(15-19)23(29)25-18-10-9-16-6-3-7-17(16)14-18/h4,8-10,12,14,19H,2-3,5-7,11,13,15H2,1H3,(H,25,29)/t19-/m0/s1. The Bertz CT molecular complexity index is 1060. The summed E-state index contributed by atoms with van der Waals surface area (Å²) < 4.78 is 2.27. The second-order valence-electron chi connectivity index (χ2n) is 8.15. The first-order chi connectivity index (χ1) is 14.2. The Labute approximate surface area is 171 Å². The highest BCUT2D eigenvalue weighted by Gasteiger charge is 2.30. The summed E-state index contributed by atoms with van der Waals surface area (Å²) in [7, 11) is 0. The summed E-state index contributed by atoms with van der Waals surface area (Å²) in [5.41, 5.74) is 5.58. The maximum Gasteiger partial charge on any atom is 0.321 e. The number of nitrogens with zero attached hydrogens (tertiary/aromatic N) is 4. The molecule has 0 bridgehead atoms. The number of fused-ring (bicyclic) bond motifs is 2. The van der Waals surface area contributed by atoms with E-state index in [0.717, 1.165) is 61.3 Å². The van der Waals surface area contributed by atoms with Crippen molar-refractivity contribution in [2.75, 3.05) is 18.4 Å². The topological polar surface area (TPSA) is 63.1 Å². The van der Waals surface area contributed by atoms with Gasteiger partial charge in [-0.25, -0.2) is 14.8 Å². The zero-order valence-corrected chi connectivity index (χ0v) is 16.9. The van der Waals surface area contributed by atoms with Crippen LogP contribution in [0, 0.1) is 0 Å². The fourth-order valence-electron chi connectivity index (χ4n) is 4.75. The van der Waals surface area contributed by atoms with Crippen LogP contribution in [0.1, 0.15) is 49.2 Å². The molecule has 0 spiro atoms. The number of carbonyl (C=O) groups is 1. The van der Waals surface area contributed by atoms with Gasteiger partial charge in [0.1, 0.15) is 11.3 Å². The quantitative estimate of drug-likeness (QED) is 0.721. The van der Waals surface area contributed by atoms with Crippen molar-refractivity contribution in [3.8, 4) is 0 Å². The Balaban J connectivity index is 1.33. The number of likely N-dealkylation sites (tertiary alicyclic amines) is 1. The predicted octanol–water partition coefficient (Wildman–Crippen LogP) is 4.35. The summed E-state index contributed by atoms with van der Waals surface area (Å²) >= 11 is 0. The highest BCUT2D eigenvalue weighted by atomic mass is 16.2. The van der Waals surface area contributed by atoms with E-state index in [1.54, 1.807) is 0 Å². The van der Waals surface area contributed by atoms with Crippen molar-refractivity contribution in [2.45, 2.75) is 51.5 Å². The molecule has 6 nitrogen and oxygen atoms in total. The van der Waals surface area contributed by atoms with E-state index in [2.05, 4.69) is 33.9 Å².